The average Bonchev–Trinajstić information content (AvgIpc) is 2.93. The molecular weight excluding hydrogens is 281 g/mol. The predicted octanol–water partition coefficient (Wildman–Crippen LogP) is 4.45. The maximum Gasteiger partial charge on any atom is 0.139 e. The van der Waals surface area contributed by atoms with Crippen molar-refractivity contribution < 1.29 is 0 Å². The third-order valence-corrected chi connectivity index (χ3v) is 3.30. The summed E-state index contributed by atoms with van der Waals surface area (Å²) in [5.41, 5.74) is 2.51. The molecule has 5 heteroatoms. The van der Waals surface area contributed by atoms with E-state index in [1.54, 1.807) is 30.7 Å². The Balaban J connectivity index is 2.21. The first-order valence-corrected chi connectivity index (χ1v) is 6.41. The van der Waals surface area contributed by atoms with Crippen molar-refractivity contribution in [2.45, 2.75) is 0 Å². The van der Waals surface area contributed by atoms with E-state index < -0.39 is 0 Å². The van der Waals surface area contributed by atoms with Crippen molar-refractivity contribution in [3.05, 3.63) is 59.0 Å². The van der Waals surface area contributed by atoms with Gasteiger partial charge in [0.05, 0.1) is 10.7 Å². The zero-order chi connectivity index (χ0) is 13.2. The Labute approximate surface area is 120 Å². The van der Waals surface area contributed by atoms with Crippen molar-refractivity contribution in [3.63, 3.8) is 0 Å². The monoisotopic (exact) mass is 289 g/mol. The highest BCUT2D eigenvalue weighted by Gasteiger charge is 2.13. The molecule has 0 aliphatic rings. The van der Waals surface area contributed by atoms with Crippen LogP contribution in [0.25, 0.3) is 22.6 Å². The van der Waals surface area contributed by atoms with E-state index in [0.29, 0.717) is 10.0 Å². The largest absolute Gasteiger partial charge is 0.345 e. The number of nitrogens with zero attached hydrogens (tertiary/aromatic N) is 2. The molecule has 0 amide bonds. The van der Waals surface area contributed by atoms with Crippen molar-refractivity contribution in [3.8, 4) is 22.6 Å². The number of aromatic amines is 1. The summed E-state index contributed by atoms with van der Waals surface area (Å²) in [6.07, 6.45) is 5.21. The summed E-state index contributed by atoms with van der Waals surface area (Å²) in [6.45, 7) is 0. The Morgan fingerprint density at radius 3 is 2.58 bits per heavy atom. The molecule has 0 aliphatic heterocycles. The molecule has 1 aromatic carbocycles. The molecular formula is C14H9Cl2N3. The number of hydrogen-bond donors (Lipinski definition) is 1. The van der Waals surface area contributed by atoms with Crippen LogP contribution in [0.2, 0.25) is 10.0 Å². The first-order chi connectivity index (χ1) is 9.25. The van der Waals surface area contributed by atoms with Gasteiger partial charge in [0.15, 0.2) is 0 Å². The van der Waals surface area contributed by atoms with Gasteiger partial charge in [0.25, 0.3) is 0 Å². The van der Waals surface area contributed by atoms with Gasteiger partial charge < -0.3 is 4.98 Å². The lowest BCUT2D eigenvalue weighted by Gasteiger charge is -2.08. The van der Waals surface area contributed by atoms with Crippen LogP contribution >= 0.6 is 23.2 Å². The molecule has 2 aromatic heterocycles. The topological polar surface area (TPSA) is 41.6 Å². The number of aromatic nitrogens is 3. The molecule has 0 radical (unpaired) electrons. The number of hydrogen-bond acceptors (Lipinski definition) is 2. The summed E-state index contributed by atoms with van der Waals surface area (Å²) in [7, 11) is 0. The average molecular weight is 290 g/mol. The molecule has 2 heterocycles. The minimum absolute atomic E-state index is 0.569. The summed E-state index contributed by atoms with van der Waals surface area (Å²) in [5, 5.41) is 1.17. The minimum Gasteiger partial charge on any atom is -0.345 e. The van der Waals surface area contributed by atoms with E-state index in [0.717, 1.165) is 22.6 Å². The number of H-pyrrole nitrogens is 1. The number of benzene rings is 1. The Bertz CT molecular complexity index is 708. The zero-order valence-electron chi connectivity index (χ0n) is 9.77. The van der Waals surface area contributed by atoms with E-state index in [1.807, 2.05) is 18.2 Å². The second kappa shape index (κ2) is 5.03. The van der Waals surface area contributed by atoms with Gasteiger partial charge in [0.1, 0.15) is 5.82 Å². The molecule has 3 rings (SSSR count). The lowest BCUT2D eigenvalue weighted by molar-refractivity contribution is 1.26. The van der Waals surface area contributed by atoms with Crippen LogP contribution in [0.1, 0.15) is 0 Å². The molecule has 0 spiro atoms. The predicted molar refractivity (Wildman–Crippen MR) is 77.3 cm³/mol. The number of rotatable bonds is 2. The molecule has 0 bridgehead atoms. The molecule has 0 atom stereocenters. The van der Waals surface area contributed by atoms with Crippen molar-refractivity contribution in [2.75, 3.05) is 0 Å². The van der Waals surface area contributed by atoms with Crippen LogP contribution in [0.3, 0.4) is 0 Å². The number of pyridine rings is 1. The smallest absolute Gasteiger partial charge is 0.139 e. The van der Waals surface area contributed by atoms with Gasteiger partial charge in [-0.25, -0.2) is 4.98 Å². The van der Waals surface area contributed by atoms with Crippen molar-refractivity contribution in [2.24, 2.45) is 0 Å². The fourth-order valence-corrected chi connectivity index (χ4v) is 2.40. The highest BCUT2D eigenvalue weighted by Crippen LogP contribution is 2.34. The van der Waals surface area contributed by atoms with Gasteiger partial charge in [-0.05, 0) is 30.3 Å². The highest BCUT2D eigenvalue weighted by molar-refractivity contribution is 6.36. The van der Waals surface area contributed by atoms with E-state index >= 15 is 0 Å². The van der Waals surface area contributed by atoms with Crippen LogP contribution in [0, 0.1) is 0 Å². The van der Waals surface area contributed by atoms with Crippen LogP contribution in [0.4, 0.5) is 0 Å². The van der Waals surface area contributed by atoms with E-state index in [-0.39, 0.29) is 0 Å². The second-order valence-corrected chi connectivity index (χ2v) is 4.81. The van der Waals surface area contributed by atoms with Crippen LogP contribution in [-0.4, -0.2) is 15.0 Å². The van der Waals surface area contributed by atoms with Crippen LogP contribution in [-0.2, 0) is 0 Å². The Morgan fingerprint density at radius 1 is 0.947 bits per heavy atom. The van der Waals surface area contributed by atoms with Gasteiger partial charge in [-0.3, -0.25) is 4.98 Å². The van der Waals surface area contributed by atoms with Crippen molar-refractivity contribution >= 4 is 23.2 Å². The van der Waals surface area contributed by atoms with Crippen molar-refractivity contribution in [1.29, 1.82) is 0 Å². The quantitative estimate of drug-likeness (QED) is 0.757. The lowest BCUT2D eigenvalue weighted by Crippen LogP contribution is -1.91. The van der Waals surface area contributed by atoms with Gasteiger partial charge in [-0.15, -0.1) is 0 Å². The molecule has 0 unspecified atom stereocenters. The van der Waals surface area contributed by atoms with Gasteiger partial charge in [-0.1, -0.05) is 23.2 Å². The fourth-order valence-electron chi connectivity index (χ4n) is 1.91. The molecule has 94 valence electrons. The van der Waals surface area contributed by atoms with Crippen LogP contribution in [0.15, 0.2) is 48.9 Å². The van der Waals surface area contributed by atoms with Gasteiger partial charge in [-0.2, -0.15) is 0 Å². The molecule has 0 aliphatic carbocycles. The van der Waals surface area contributed by atoms with Crippen molar-refractivity contribution in [1.82, 2.24) is 15.0 Å². The standard InChI is InChI=1S/C14H9Cl2N3/c15-9-3-4-10(12(16)8-9)13-11(2-1-5-17-13)14-18-6-7-19-14/h1-8H,(H,18,19). The molecule has 19 heavy (non-hydrogen) atoms. The Hall–Kier alpha value is -1.84. The molecule has 1 N–H and O–H groups in total. The third kappa shape index (κ3) is 2.35. The Morgan fingerprint density at radius 2 is 1.84 bits per heavy atom. The summed E-state index contributed by atoms with van der Waals surface area (Å²) >= 11 is 12.2. The van der Waals surface area contributed by atoms with Gasteiger partial charge >= 0.3 is 0 Å². The summed E-state index contributed by atoms with van der Waals surface area (Å²) < 4.78 is 0. The maximum atomic E-state index is 6.24. The normalized spacial score (nSPS) is 10.6. The molecule has 0 fully saturated rings. The van der Waals surface area contributed by atoms with Crippen LogP contribution in [0.5, 0.6) is 0 Å². The fraction of sp³-hybridized carbons (Fsp3) is 0. The SMILES string of the molecule is Clc1ccc(-c2ncccc2-c2ncc[nH]2)c(Cl)c1. The van der Waals surface area contributed by atoms with Gasteiger partial charge in [0, 0.05) is 34.7 Å². The maximum absolute atomic E-state index is 6.24. The molecule has 3 nitrogen and oxygen atoms in total. The summed E-state index contributed by atoms with van der Waals surface area (Å²) in [5.74, 6) is 0.758. The first kappa shape index (κ1) is 12.2. The van der Waals surface area contributed by atoms with Crippen LogP contribution < -0.4 is 0 Å². The highest BCUT2D eigenvalue weighted by atomic mass is 35.5. The molecule has 3 aromatic rings. The summed E-state index contributed by atoms with van der Waals surface area (Å²) in [4.78, 5) is 11.7. The lowest BCUT2D eigenvalue weighted by atomic mass is 10.1. The summed E-state index contributed by atoms with van der Waals surface area (Å²) in [6, 6.07) is 9.18. The number of halogens is 2. The zero-order valence-corrected chi connectivity index (χ0v) is 11.3. The second-order valence-electron chi connectivity index (χ2n) is 3.96. The van der Waals surface area contributed by atoms with E-state index in [1.165, 1.54) is 0 Å². The van der Waals surface area contributed by atoms with E-state index in [4.69, 9.17) is 23.2 Å². The van der Waals surface area contributed by atoms with Gasteiger partial charge in [0.2, 0.25) is 0 Å². The third-order valence-electron chi connectivity index (χ3n) is 2.75. The first-order valence-electron chi connectivity index (χ1n) is 5.66. The molecule has 0 saturated carbocycles. The van der Waals surface area contributed by atoms with E-state index in [9.17, 15) is 0 Å². The number of nitrogens with one attached hydrogen (secondary N) is 1. The minimum atomic E-state index is 0.569. The Kier molecular flexibility index (Phi) is 3.23. The molecule has 0 saturated heterocycles. The number of imidazole rings is 1. The van der Waals surface area contributed by atoms with E-state index in [2.05, 4.69) is 15.0 Å².